The van der Waals surface area contributed by atoms with Crippen molar-refractivity contribution in [3.05, 3.63) is 75.6 Å². The Balaban J connectivity index is 1.73. The molecule has 1 aromatic heterocycles. The second-order valence-electron chi connectivity index (χ2n) is 4.95. The monoisotopic (exact) mass is 392 g/mol. The third kappa shape index (κ3) is 4.20. The molecule has 3 aromatic rings. The highest BCUT2D eigenvalue weighted by Gasteiger charge is 2.11. The molecule has 0 saturated carbocycles. The quantitative estimate of drug-likeness (QED) is 0.620. The first-order valence-corrected chi connectivity index (χ1v) is 8.27. The summed E-state index contributed by atoms with van der Waals surface area (Å²) < 4.78 is 0. The van der Waals surface area contributed by atoms with Gasteiger partial charge >= 0.3 is 0 Å². The van der Waals surface area contributed by atoms with Crippen LogP contribution in [0.2, 0.25) is 15.1 Å². The summed E-state index contributed by atoms with van der Waals surface area (Å²) in [4.78, 5) is 20.5. The normalized spacial score (nSPS) is 10.4. The van der Waals surface area contributed by atoms with Gasteiger partial charge in [-0.1, -0.05) is 53.0 Å². The van der Waals surface area contributed by atoms with Gasteiger partial charge in [0.2, 0.25) is 0 Å². The molecule has 25 heavy (non-hydrogen) atoms. The molecule has 0 saturated heterocycles. The summed E-state index contributed by atoms with van der Waals surface area (Å²) in [7, 11) is 0. The zero-order valence-corrected chi connectivity index (χ0v) is 14.9. The summed E-state index contributed by atoms with van der Waals surface area (Å²) in [6.45, 7) is 0. The van der Waals surface area contributed by atoms with Gasteiger partial charge in [0.15, 0.2) is 0 Å². The number of anilines is 3. The van der Waals surface area contributed by atoms with Gasteiger partial charge in [0.1, 0.15) is 11.5 Å². The molecule has 0 spiro atoms. The van der Waals surface area contributed by atoms with E-state index in [9.17, 15) is 4.79 Å². The lowest BCUT2D eigenvalue weighted by Crippen LogP contribution is -2.14. The van der Waals surface area contributed by atoms with E-state index in [2.05, 4.69) is 20.6 Å². The highest BCUT2D eigenvalue weighted by molar-refractivity contribution is 6.43. The van der Waals surface area contributed by atoms with E-state index in [-0.39, 0.29) is 5.69 Å². The fourth-order valence-corrected chi connectivity index (χ4v) is 2.53. The van der Waals surface area contributed by atoms with Crippen LogP contribution in [-0.2, 0) is 0 Å². The van der Waals surface area contributed by atoms with Crippen LogP contribution in [0.5, 0.6) is 0 Å². The maximum Gasteiger partial charge on any atom is 0.275 e. The number of hydrogen-bond acceptors (Lipinski definition) is 4. The summed E-state index contributed by atoms with van der Waals surface area (Å²) in [5.74, 6) is 0.0198. The Morgan fingerprint density at radius 3 is 2.28 bits per heavy atom. The molecule has 8 heteroatoms. The average Bonchev–Trinajstić information content (AvgIpc) is 2.61. The van der Waals surface area contributed by atoms with Crippen molar-refractivity contribution in [3.63, 3.8) is 0 Å². The summed E-state index contributed by atoms with van der Waals surface area (Å²) in [5, 5.41) is 6.92. The number of nitrogens with one attached hydrogen (secondary N) is 2. The first-order valence-electron chi connectivity index (χ1n) is 7.13. The van der Waals surface area contributed by atoms with Gasteiger partial charge in [-0.3, -0.25) is 4.79 Å². The number of benzene rings is 2. The van der Waals surface area contributed by atoms with Crippen LogP contribution in [0.25, 0.3) is 0 Å². The number of para-hydroxylation sites is 1. The molecule has 1 heterocycles. The lowest BCUT2D eigenvalue weighted by atomic mass is 10.3. The van der Waals surface area contributed by atoms with Gasteiger partial charge in [0, 0.05) is 0 Å². The molecule has 0 fully saturated rings. The minimum atomic E-state index is -0.409. The number of hydrogen-bond donors (Lipinski definition) is 2. The van der Waals surface area contributed by atoms with Gasteiger partial charge in [-0.05, 0) is 24.3 Å². The molecular weight excluding hydrogens is 383 g/mol. The van der Waals surface area contributed by atoms with Crippen molar-refractivity contribution < 1.29 is 4.79 Å². The average molecular weight is 394 g/mol. The molecule has 2 N–H and O–H groups in total. The number of aromatic nitrogens is 2. The van der Waals surface area contributed by atoms with E-state index in [1.165, 1.54) is 12.4 Å². The molecule has 126 valence electrons. The van der Waals surface area contributed by atoms with Crippen LogP contribution in [-0.4, -0.2) is 15.9 Å². The maximum atomic E-state index is 12.2. The molecule has 0 bridgehead atoms. The van der Waals surface area contributed by atoms with Crippen LogP contribution in [0, 0.1) is 0 Å². The molecular formula is C17H11Cl3N4O. The van der Waals surface area contributed by atoms with E-state index in [1.54, 1.807) is 42.5 Å². The van der Waals surface area contributed by atoms with Crippen LogP contribution in [0.15, 0.2) is 54.9 Å². The van der Waals surface area contributed by atoms with E-state index in [0.717, 1.165) is 0 Å². The second kappa shape index (κ2) is 7.70. The topological polar surface area (TPSA) is 66.9 Å². The van der Waals surface area contributed by atoms with Crippen LogP contribution in [0.3, 0.4) is 0 Å². The summed E-state index contributed by atoms with van der Waals surface area (Å²) >= 11 is 18.1. The predicted octanol–water partition coefficient (Wildman–Crippen LogP) is 5.43. The van der Waals surface area contributed by atoms with Gasteiger partial charge in [-0.15, -0.1) is 0 Å². The van der Waals surface area contributed by atoms with Gasteiger partial charge in [0.25, 0.3) is 5.91 Å². The Kier molecular flexibility index (Phi) is 5.38. The number of carbonyl (C=O) groups excluding carboxylic acids is 1. The largest absolute Gasteiger partial charge is 0.338 e. The first-order chi connectivity index (χ1) is 12.0. The lowest BCUT2D eigenvalue weighted by Gasteiger charge is -2.09. The second-order valence-corrected chi connectivity index (χ2v) is 6.14. The van der Waals surface area contributed by atoms with Gasteiger partial charge in [-0.25, -0.2) is 9.97 Å². The van der Waals surface area contributed by atoms with Crippen molar-refractivity contribution in [1.82, 2.24) is 9.97 Å². The summed E-state index contributed by atoms with van der Waals surface area (Å²) in [6, 6.07) is 12.1. The molecule has 5 nitrogen and oxygen atoms in total. The fraction of sp³-hybridized carbons (Fsp3) is 0. The highest BCUT2D eigenvalue weighted by Crippen LogP contribution is 2.31. The van der Waals surface area contributed by atoms with Crippen molar-refractivity contribution >= 4 is 57.9 Å². The van der Waals surface area contributed by atoms with Crippen LogP contribution in [0.4, 0.5) is 17.2 Å². The summed E-state index contributed by atoms with van der Waals surface area (Å²) in [6.07, 6.45) is 2.78. The molecule has 0 aliphatic rings. The molecule has 0 unspecified atom stereocenters. The number of carbonyl (C=O) groups is 1. The first kappa shape index (κ1) is 17.5. The predicted molar refractivity (Wildman–Crippen MR) is 101 cm³/mol. The molecule has 1 amide bonds. The highest BCUT2D eigenvalue weighted by atomic mass is 35.5. The number of halogens is 3. The standard InChI is InChI=1S/C17H11Cl3N4O/c18-10-4-1-2-6-12(10)24-17(25)14-8-22-15(9-21-14)23-13-7-3-5-11(19)16(13)20/h1-9H,(H,22,23)(H,24,25). The van der Waals surface area contributed by atoms with E-state index in [1.807, 2.05) is 0 Å². The number of amides is 1. The van der Waals surface area contributed by atoms with Gasteiger partial charge in [-0.2, -0.15) is 0 Å². The molecule has 0 atom stereocenters. The molecule has 0 aliphatic heterocycles. The lowest BCUT2D eigenvalue weighted by molar-refractivity contribution is 0.102. The van der Waals surface area contributed by atoms with Crippen molar-refractivity contribution in [1.29, 1.82) is 0 Å². The Morgan fingerprint density at radius 1 is 0.840 bits per heavy atom. The van der Waals surface area contributed by atoms with Crippen molar-refractivity contribution in [2.24, 2.45) is 0 Å². The zero-order valence-electron chi connectivity index (χ0n) is 12.6. The Labute approximate surface area is 159 Å². The molecule has 0 aliphatic carbocycles. The van der Waals surface area contributed by atoms with Crippen LogP contribution < -0.4 is 10.6 Å². The van der Waals surface area contributed by atoms with Crippen molar-refractivity contribution in [2.75, 3.05) is 10.6 Å². The van der Waals surface area contributed by atoms with E-state index >= 15 is 0 Å². The fourth-order valence-electron chi connectivity index (χ4n) is 2.00. The van der Waals surface area contributed by atoms with Gasteiger partial charge in [0.05, 0.1) is 38.8 Å². The smallest absolute Gasteiger partial charge is 0.275 e. The van der Waals surface area contributed by atoms with Crippen LogP contribution >= 0.6 is 34.8 Å². The van der Waals surface area contributed by atoms with Crippen molar-refractivity contribution in [2.45, 2.75) is 0 Å². The maximum absolute atomic E-state index is 12.2. The molecule has 3 rings (SSSR count). The minimum Gasteiger partial charge on any atom is -0.338 e. The Morgan fingerprint density at radius 2 is 1.56 bits per heavy atom. The number of nitrogens with zero attached hydrogens (tertiary/aromatic N) is 2. The molecule has 2 aromatic carbocycles. The third-order valence-corrected chi connectivity index (χ3v) is 4.37. The molecule has 0 radical (unpaired) electrons. The third-order valence-electron chi connectivity index (χ3n) is 3.22. The van der Waals surface area contributed by atoms with Crippen molar-refractivity contribution in [3.8, 4) is 0 Å². The Bertz CT molecular complexity index is 916. The minimum absolute atomic E-state index is 0.155. The summed E-state index contributed by atoms with van der Waals surface area (Å²) in [5.41, 5.74) is 1.25. The van der Waals surface area contributed by atoms with Gasteiger partial charge < -0.3 is 10.6 Å². The zero-order chi connectivity index (χ0) is 17.8. The SMILES string of the molecule is O=C(Nc1ccccc1Cl)c1cnc(Nc2cccc(Cl)c2Cl)cn1. The Hall–Kier alpha value is -2.34. The van der Waals surface area contributed by atoms with E-state index in [0.29, 0.717) is 32.3 Å². The van der Waals surface area contributed by atoms with E-state index < -0.39 is 5.91 Å². The van der Waals surface area contributed by atoms with E-state index in [4.69, 9.17) is 34.8 Å². The van der Waals surface area contributed by atoms with Crippen LogP contribution in [0.1, 0.15) is 10.5 Å². The number of rotatable bonds is 4.